The average molecular weight is 207 g/mol. The average Bonchev–Trinajstić information content (AvgIpc) is 2.65. The van der Waals surface area contributed by atoms with E-state index >= 15 is 0 Å². The van der Waals surface area contributed by atoms with E-state index in [0.29, 0.717) is 12.0 Å². The molecule has 0 saturated carbocycles. The van der Waals surface area contributed by atoms with Crippen molar-refractivity contribution in [2.24, 2.45) is 0 Å². The van der Waals surface area contributed by atoms with Gasteiger partial charge in [0.2, 0.25) is 0 Å². The molecular formula is C12H14FNO. The summed E-state index contributed by atoms with van der Waals surface area (Å²) in [6.45, 7) is 2.03. The minimum atomic E-state index is -0.195. The van der Waals surface area contributed by atoms with Gasteiger partial charge in [-0.3, -0.25) is 0 Å². The largest absolute Gasteiger partial charge is 0.464 e. The van der Waals surface area contributed by atoms with E-state index in [1.807, 2.05) is 26.1 Å². The van der Waals surface area contributed by atoms with Gasteiger partial charge in [-0.1, -0.05) is 0 Å². The molecule has 1 atom stereocenters. The second kappa shape index (κ2) is 4.03. The Labute approximate surface area is 88.1 Å². The molecule has 0 aliphatic carbocycles. The molecule has 3 heteroatoms. The molecule has 0 amide bonds. The van der Waals surface area contributed by atoms with Crippen molar-refractivity contribution in [3.63, 3.8) is 0 Å². The predicted octanol–water partition coefficient (Wildman–Crippen LogP) is 2.72. The lowest BCUT2D eigenvalue weighted by molar-refractivity contribution is 0.560. The summed E-state index contributed by atoms with van der Waals surface area (Å²) in [6, 6.07) is 5.42. The van der Waals surface area contributed by atoms with Crippen molar-refractivity contribution < 1.29 is 8.81 Å². The molecule has 2 nitrogen and oxygen atoms in total. The van der Waals surface area contributed by atoms with Gasteiger partial charge in [0.05, 0.1) is 6.26 Å². The van der Waals surface area contributed by atoms with E-state index in [4.69, 9.17) is 4.42 Å². The second-order valence-corrected chi connectivity index (χ2v) is 3.80. The van der Waals surface area contributed by atoms with Crippen molar-refractivity contribution >= 4 is 11.0 Å². The number of halogens is 1. The van der Waals surface area contributed by atoms with E-state index in [0.717, 1.165) is 10.9 Å². The van der Waals surface area contributed by atoms with Crippen LogP contribution >= 0.6 is 0 Å². The van der Waals surface area contributed by atoms with Crippen molar-refractivity contribution in [2.45, 2.75) is 19.4 Å². The lowest BCUT2D eigenvalue weighted by atomic mass is 10.0. The first-order chi connectivity index (χ1) is 7.20. The lowest BCUT2D eigenvalue weighted by Crippen LogP contribution is -2.23. The molecule has 0 bridgehead atoms. The maximum Gasteiger partial charge on any atom is 0.136 e. The van der Waals surface area contributed by atoms with Gasteiger partial charge in [0.25, 0.3) is 0 Å². The molecule has 2 rings (SSSR count). The molecule has 0 aliphatic heterocycles. The van der Waals surface area contributed by atoms with Gasteiger partial charge in [-0.25, -0.2) is 4.39 Å². The molecule has 0 aliphatic rings. The quantitative estimate of drug-likeness (QED) is 0.837. The van der Waals surface area contributed by atoms with Gasteiger partial charge in [0, 0.05) is 17.5 Å². The van der Waals surface area contributed by atoms with E-state index in [-0.39, 0.29) is 11.9 Å². The van der Waals surface area contributed by atoms with E-state index in [9.17, 15) is 4.39 Å². The van der Waals surface area contributed by atoms with Gasteiger partial charge < -0.3 is 9.73 Å². The maximum absolute atomic E-state index is 13.6. The fourth-order valence-electron chi connectivity index (χ4n) is 1.62. The number of hydrogen-bond donors (Lipinski definition) is 1. The molecule has 1 aromatic carbocycles. The summed E-state index contributed by atoms with van der Waals surface area (Å²) in [7, 11) is 1.87. The van der Waals surface area contributed by atoms with Crippen LogP contribution in [0.3, 0.4) is 0 Å². The molecule has 0 radical (unpaired) electrons. The fourth-order valence-corrected chi connectivity index (χ4v) is 1.62. The summed E-state index contributed by atoms with van der Waals surface area (Å²) in [6.07, 6.45) is 2.26. The van der Waals surface area contributed by atoms with Crippen LogP contribution < -0.4 is 5.32 Å². The van der Waals surface area contributed by atoms with Crippen LogP contribution in [0.2, 0.25) is 0 Å². The molecular weight excluding hydrogens is 193 g/mol. The summed E-state index contributed by atoms with van der Waals surface area (Å²) in [5.41, 5.74) is 1.33. The van der Waals surface area contributed by atoms with Gasteiger partial charge in [-0.2, -0.15) is 0 Å². The van der Waals surface area contributed by atoms with Gasteiger partial charge in [-0.05, 0) is 38.1 Å². The highest BCUT2D eigenvalue weighted by molar-refractivity contribution is 5.77. The van der Waals surface area contributed by atoms with Crippen LogP contribution in [-0.2, 0) is 6.42 Å². The Hall–Kier alpha value is -1.35. The Balaban J connectivity index is 2.37. The lowest BCUT2D eigenvalue weighted by Gasteiger charge is -2.10. The maximum atomic E-state index is 13.6. The Morgan fingerprint density at radius 2 is 2.27 bits per heavy atom. The molecule has 1 aromatic heterocycles. The first kappa shape index (κ1) is 10.2. The smallest absolute Gasteiger partial charge is 0.136 e. The summed E-state index contributed by atoms with van der Waals surface area (Å²) >= 11 is 0. The third-order valence-corrected chi connectivity index (χ3v) is 2.64. The third kappa shape index (κ3) is 2.02. The summed E-state index contributed by atoms with van der Waals surface area (Å²) in [5, 5.41) is 4.05. The second-order valence-electron chi connectivity index (χ2n) is 3.80. The number of furan rings is 1. The number of benzene rings is 1. The summed E-state index contributed by atoms with van der Waals surface area (Å²) in [4.78, 5) is 0. The van der Waals surface area contributed by atoms with Gasteiger partial charge >= 0.3 is 0 Å². The van der Waals surface area contributed by atoms with E-state index in [1.54, 1.807) is 6.26 Å². The Morgan fingerprint density at radius 3 is 3.00 bits per heavy atom. The monoisotopic (exact) mass is 207 g/mol. The van der Waals surface area contributed by atoms with Gasteiger partial charge in [0.15, 0.2) is 0 Å². The minimum absolute atomic E-state index is 0.195. The Kier molecular flexibility index (Phi) is 2.73. The molecule has 2 aromatic rings. The number of rotatable bonds is 3. The Bertz CT molecular complexity index is 464. The number of nitrogens with one attached hydrogen (secondary N) is 1. The van der Waals surface area contributed by atoms with Gasteiger partial charge in [0.1, 0.15) is 11.4 Å². The van der Waals surface area contributed by atoms with Crippen molar-refractivity contribution in [3.05, 3.63) is 35.8 Å². The molecule has 1 heterocycles. The van der Waals surface area contributed by atoms with Crippen molar-refractivity contribution in [1.82, 2.24) is 5.32 Å². The fraction of sp³-hybridized carbons (Fsp3) is 0.333. The molecule has 0 fully saturated rings. The van der Waals surface area contributed by atoms with E-state index in [2.05, 4.69) is 5.32 Å². The van der Waals surface area contributed by atoms with Crippen LogP contribution in [-0.4, -0.2) is 13.1 Å². The highest BCUT2D eigenvalue weighted by Crippen LogP contribution is 2.21. The highest BCUT2D eigenvalue weighted by Gasteiger charge is 2.09. The summed E-state index contributed by atoms with van der Waals surface area (Å²) < 4.78 is 18.7. The van der Waals surface area contributed by atoms with E-state index < -0.39 is 0 Å². The first-order valence-corrected chi connectivity index (χ1v) is 5.03. The van der Waals surface area contributed by atoms with Crippen LogP contribution in [0, 0.1) is 5.82 Å². The molecule has 0 saturated heterocycles. The standard InChI is InChI=1S/C12H14FNO/c1-8(14-2)5-10-6-9-3-4-15-12(9)7-11(10)13/h3-4,6-8,14H,5H2,1-2H3. The Morgan fingerprint density at radius 1 is 1.47 bits per heavy atom. The van der Waals surface area contributed by atoms with E-state index in [1.165, 1.54) is 6.07 Å². The van der Waals surface area contributed by atoms with Crippen molar-refractivity contribution in [2.75, 3.05) is 7.05 Å². The summed E-state index contributed by atoms with van der Waals surface area (Å²) in [5.74, 6) is -0.195. The zero-order valence-corrected chi connectivity index (χ0v) is 8.88. The highest BCUT2D eigenvalue weighted by atomic mass is 19.1. The number of likely N-dealkylation sites (N-methyl/N-ethyl adjacent to an activating group) is 1. The zero-order valence-electron chi connectivity index (χ0n) is 8.88. The normalized spacial score (nSPS) is 13.3. The van der Waals surface area contributed by atoms with Gasteiger partial charge in [-0.15, -0.1) is 0 Å². The molecule has 0 spiro atoms. The van der Waals surface area contributed by atoms with Crippen LogP contribution in [0.1, 0.15) is 12.5 Å². The number of fused-ring (bicyclic) bond motifs is 1. The molecule has 80 valence electrons. The molecule has 15 heavy (non-hydrogen) atoms. The van der Waals surface area contributed by atoms with Crippen molar-refractivity contribution in [3.8, 4) is 0 Å². The third-order valence-electron chi connectivity index (χ3n) is 2.64. The number of hydrogen-bond acceptors (Lipinski definition) is 2. The SMILES string of the molecule is CNC(C)Cc1cc2ccoc2cc1F. The van der Waals surface area contributed by atoms with Crippen LogP contribution in [0.15, 0.2) is 28.9 Å². The zero-order chi connectivity index (χ0) is 10.8. The topological polar surface area (TPSA) is 25.2 Å². The minimum Gasteiger partial charge on any atom is -0.464 e. The predicted molar refractivity (Wildman–Crippen MR) is 58.4 cm³/mol. The first-order valence-electron chi connectivity index (χ1n) is 5.03. The van der Waals surface area contributed by atoms with Crippen LogP contribution in [0.25, 0.3) is 11.0 Å². The molecule has 1 unspecified atom stereocenters. The van der Waals surface area contributed by atoms with Crippen LogP contribution in [0.4, 0.5) is 4.39 Å². The van der Waals surface area contributed by atoms with Crippen LogP contribution in [0.5, 0.6) is 0 Å². The molecule has 1 N–H and O–H groups in total. The van der Waals surface area contributed by atoms with Crippen molar-refractivity contribution in [1.29, 1.82) is 0 Å².